The monoisotopic (exact) mass is 324 g/mol. The van der Waals surface area contributed by atoms with Crippen molar-refractivity contribution in [1.29, 1.82) is 0 Å². The summed E-state index contributed by atoms with van der Waals surface area (Å²) >= 11 is 0. The van der Waals surface area contributed by atoms with Gasteiger partial charge in [-0.3, -0.25) is 10.1 Å². The van der Waals surface area contributed by atoms with E-state index in [1.165, 1.54) is 22.5 Å². The predicted octanol–water partition coefficient (Wildman–Crippen LogP) is 2.94. The maximum atomic E-state index is 13.0. The fourth-order valence-corrected chi connectivity index (χ4v) is 5.74. The third-order valence-electron chi connectivity index (χ3n) is 4.84. The molecule has 0 N–H and O–H groups in total. The summed E-state index contributed by atoms with van der Waals surface area (Å²) in [5, 5.41) is 11.2. The molecular formula is C15H20N2O4S. The van der Waals surface area contributed by atoms with Crippen LogP contribution in [0.4, 0.5) is 5.69 Å². The molecule has 7 heteroatoms. The second kappa shape index (κ2) is 5.96. The van der Waals surface area contributed by atoms with E-state index in [0.717, 1.165) is 38.5 Å². The van der Waals surface area contributed by atoms with Crippen LogP contribution in [0, 0.1) is 16.0 Å². The molecule has 0 aromatic heterocycles. The molecular weight excluding hydrogens is 304 g/mol. The summed E-state index contributed by atoms with van der Waals surface area (Å²) in [6.07, 6.45) is 6.01. The molecule has 0 bridgehead atoms. The zero-order valence-electron chi connectivity index (χ0n) is 12.3. The molecule has 1 heterocycles. The first-order valence-electron chi connectivity index (χ1n) is 7.77. The molecule has 2 aliphatic rings. The largest absolute Gasteiger partial charge is 0.289 e. The summed E-state index contributed by atoms with van der Waals surface area (Å²) in [5.74, 6) is 0.403. The van der Waals surface area contributed by atoms with Crippen LogP contribution >= 0.6 is 0 Å². The number of rotatable bonds is 3. The van der Waals surface area contributed by atoms with Crippen LogP contribution in [0.5, 0.6) is 0 Å². The molecule has 1 saturated heterocycles. The summed E-state index contributed by atoms with van der Waals surface area (Å²) < 4.78 is 27.5. The molecule has 2 atom stereocenters. The molecule has 3 rings (SSSR count). The number of fused-ring (bicyclic) bond motifs is 1. The SMILES string of the molecule is O=[N+]([O-])c1ccccc1S(=O)(=O)N1CCCC2CCCCC21. The van der Waals surface area contributed by atoms with Gasteiger partial charge in [0.05, 0.1) is 4.92 Å². The second-order valence-electron chi connectivity index (χ2n) is 6.09. The van der Waals surface area contributed by atoms with Crippen molar-refractivity contribution >= 4 is 15.7 Å². The van der Waals surface area contributed by atoms with E-state index in [1.54, 1.807) is 6.07 Å². The standard InChI is InChI=1S/C15H20N2O4S/c18-17(19)14-9-3-4-10-15(14)22(20,21)16-11-5-7-12-6-1-2-8-13(12)16/h3-4,9-10,12-13H,1-2,5-8,11H2. The van der Waals surface area contributed by atoms with E-state index in [4.69, 9.17) is 0 Å². The van der Waals surface area contributed by atoms with Crippen LogP contribution in [-0.4, -0.2) is 30.2 Å². The third kappa shape index (κ3) is 2.63. The molecule has 6 nitrogen and oxygen atoms in total. The highest BCUT2D eigenvalue weighted by molar-refractivity contribution is 7.89. The van der Waals surface area contributed by atoms with Crippen LogP contribution in [0.15, 0.2) is 29.2 Å². The van der Waals surface area contributed by atoms with Gasteiger partial charge in [-0.1, -0.05) is 25.0 Å². The maximum Gasteiger partial charge on any atom is 0.289 e. The number of piperidine rings is 1. The molecule has 0 spiro atoms. The van der Waals surface area contributed by atoms with Crippen molar-refractivity contribution < 1.29 is 13.3 Å². The minimum absolute atomic E-state index is 0.00677. The van der Waals surface area contributed by atoms with Gasteiger partial charge >= 0.3 is 0 Å². The highest BCUT2D eigenvalue weighted by Gasteiger charge is 2.41. The molecule has 1 aliphatic heterocycles. The van der Waals surface area contributed by atoms with E-state index in [0.29, 0.717) is 12.5 Å². The Bertz CT molecular complexity index is 672. The molecule has 1 aliphatic carbocycles. The van der Waals surface area contributed by atoms with Crippen molar-refractivity contribution in [3.05, 3.63) is 34.4 Å². The molecule has 1 aromatic carbocycles. The second-order valence-corrected chi connectivity index (χ2v) is 7.95. The quantitative estimate of drug-likeness (QED) is 0.632. The number of benzene rings is 1. The Hall–Kier alpha value is -1.47. The molecule has 120 valence electrons. The first-order chi connectivity index (χ1) is 10.5. The highest BCUT2D eigenvalue weighted by Crippen LogP contribution is 2.39. The number of nitro benzene ring substituents is 1. The molecule has 0 radical (unpaired) electrons. The van der Waals surface area contributed by atoms with Crippen molar-refractivity contribution in [2.24, 2.45) is 5.92 Å². The average Bonchev–Trinajstić information content (AvgIpc) is 2.54. The number of hydrogen-bond donors (Lipinski definition) is 0. The lowest BCUT2D eigenvalue weighted by Crippen LogP contribution is -2.49. The average molecular weight is 324 g/mol. The minimum atomic E-state index is -3.82. The molecule has 0 amide bonds. The lowest BCUT2D eigenvalue weighted by molar-refractivity contribution is -0.387. The Morgan fingerprint density at radius 2 is 1.77 bits per heavy atom. The highest BCUT2D eigenvalue weighted by atomic mass is 32.2. The van der Waals surface area contributed by atoms with Gasteiger partial charge in [-0.2, -0.15) is 4.31 Å². The zero-order chi connectivity index (χ0) is 15.7. The van der Waals surface area contributed by atoms with Crippen molar-refractivity contribution in [2.75, 3.05) is 6.54 Å². The molecule has 2 unspecified atom stereocenters. The summed E-state index contributed by atoms with van der Waals surface area (Å²) in [5.41, 5.74) is -0.333. The van der Waals surface area contributed by atoms with Gasteiger partial charge in [0.15, 0.2) is 4.90 Å². The van der Waals surface area contributed by atoms with Crippen LogP contribution in [-0.2, 0) is 10.0 Å². The van der Waals surface area contributed by atoms with E-state index < -0.39 is 14.9 Å². The van der Waals surface area contributed by atoms with E-state index in [9.17, 15) is 18.5 Å². The normalized spacial score (nSPS) is 26.4. The van der Waals surface area contributed by atoms with E-state index >= 15 is 0 Å². The molecule has 1 aromatic rings. The summed E-state index contributed by atoms with van der Waals surface area (Å²) in [6, 6.07) is 5.65. The first-order valence-corrected chi connectivity index (χ1v) is 9.21. The van der Waals surface area contributed by atoms with Crippen molar-refractivity contribution in [3.8, 4) is 0 Å². The number of nitro groups is 1. The Morgan fingerprint density at radius 3 is 2.55 bits per heavy atom. The van der Waals surface area contributed by atoms with E-state index in [1.807, 2.05) is 0 Å². The van der Waals surface area contributed by atoms with Gasteiger partial charge in [0.25, 0.3) is 5.69 Å². The van der Waals surface area contributed by atoms with Crippen LogP contribution < -0.4 is 0 Å². The summed E-state index contributed by atoms with van der Waals surface area (Å²) in [4.78, 5) is 10.4. The summed E-state index contributed by atoms with van der Waals surface area (Å²) in [7, 11) is -3.82. The molecule has 22 heavy (non-hydrogen) atoms. The first kappa shape index (κ1) is 15.4. The van der Waals surface area contributed by atoms with Gasteiger partial charge in [0.2, 0.25) is 10.0 Å². The lowest BCUT2D eigenvalue weighted by atomic mass is 9.79. The summed E-state index contributed by atoms with van der Waals surface area (Å²) in [6.45, 7) is 0.468. The Morgan fingerprint density at radius 1 is 1.09 bits per heavy atom. The molecule has 2 fully saturated rings. The van der Waals surface area contributed by atoms with E-state index in [-0.39, 0.29) is 16.6 Å². The smallest absolute Gasteiger partial charge is 0.258 e. The topological polar surface area (TPSA) is 80.5 Å². The van der Waals surface area contributed by atoms with Gasteiger partial charge in [0.1, 0.15) is 0 Å². The van der Waals surface area contributed by atoms with Gasteiger partial charge < -0.3 is 0 Å². The Balaban J connectivity index is 2.00. The zero-order valence-corrected chi connectivity index (χ0v) is 13.2. The van der Waals surface area contributed by atoms with Crippen LogP contribution in [0.2, 0.25) is 0 Å². The Labute approximate surface area is 130 Å². The van der Waals surface area contributed by atoms with Crippen molar-refractivity contribution in [1.82, 2.24) is 4.31 Å². The van der Waals surface area contributed by atoms with Gasteiger partial charge in [-0.05, 0) is 37.7 Å². The number of nitrogens with zero attached hydrogens (tertiary/aromatic N) is 2. The van der Waals surface area contributed by atoms with E-state index in [2.05, 4.69) is 0 Å². The van der Waals surface area contributed by atoms with Crippen molar-refractivity contribution in [2.45, 2.75) is 49.5 Å². The van der Waals surface area contributed by atoms with Gasteiger partial charge in [-0.15, -0.1) is 0 Å². The van der Waals surface area contributed by atoms with Crippen LogP contribution in [0.1, 0.15) is 38.5 Å². The number of hydrogen-bond acceptors (Lipinski definition) is 4. The van der Waals surface area contributed by atoms with Crippen molar-refractivity contribution in [3.63, 3.8) is 0 Å². The third-order valence-corrected chi connectivity index (χ3v) is 6.81. The lowest BCUT2D eigenvalue weighted by Gasteiger charge is -2.42. The predicted molar refractivity (Wildman–Crippen MR) is 82.0 cm³/mol. The minimum Gasteiger partial charge on any atom is -0.258 e. The fraction of sp³-hybridized carbons (Fsp3) is 0.600. The van der Waals surface area contributed by atoms with Gasteiger partial charge in [-0.25, -0.2) is 8.42 Å². The number of sulfonamides is 1. The van der Waals surface area contributed by atoms with Gasteiger partial charge in [0, 0.05) is 18.7 Å². The maximum absolute atomic E-state index is 13.0. The Kier molecular flexibility index (Phi) is 4.18. The fourth-order valence-electron chi connectivity index (χ4n) is 3.83. The van der Waals surface area contributed by atoms with Crippen LogP contribution in [0.25, 0.3) is 0 Å². The number of para-hydroxylation sites is 1. The molecule has 1 saturated carbocycles. The van der Waals surface area contributed by atoms with Crippen LogP contribution in [0.3, 0.4) is 0 Å².